The second kappa shape index (κ2) is 8.28. The van der Waals surface area contributed by atoms with E-state index in [1.54, 1.807) is 24.2 Å². The Balaban J connectivity index is 1.43. The molecule has 0 unspecified atom stereocenters. The number of rotatable bonds is 4. The van der Waals surface area contributed by atoms with Crippen molar-refractivity contribution in [2.24, 2.45) is 0 Å². The maximum atomic E-state index is 12.8. The molecule has 0 saturated carbocycles. The van der Waals surface area contributed by atoms with Crippen molar-refractivity contribution in [2.75, 3.05) is 31.1 Å². The largest absolute Gasteiger partial charge is 0.353 e. The second-order valence-corrected chi connectivity index (χ2v) is 7.17. The highest BCUT2D eigenvalue weighted by atomic mass is 16.6. The molecule has 2 aromatic carbocycles. The molecule has 4 rings (SSSR count). The van der Waals surface area contributed by atoms with E-state index >= 15 is 0 Å². The van der Waals surface area contributed by atoms with Crippen LogP contribution in [0, 0.1) is 17.0 Å². The van der Waals surface area contributed by atoms with Gasteiger partial charge in [0.2, 0.25) is 0 Å². The molecule has 3 aromatic rings. The number of aromatic nitrogens is 2. The summed E-state index contributed by atoms with van der Waals surface area (Å²) in [5.74, 6) is 0.724. The molecule has 2 heterocycles. The molecular weight excluding hydrogens is 382 g/mol. The molecule has 152 valence electrons. The SMILES string of the molecule is Cc1cc(C(=O)N2CCN(c3cc(-c4ccccc4)ncn3)CC2)ccc1[N+](=O)[O-]. The van der Waals surface area contributed by atoms with E-state index < -0.39 is 4.92 Å². The number of amides is 1. The Morgan fingerprint density at radius 3 is 2.40 bits per heavy atom. The summed E-state index contributed by atoms with van der Waals surface area (Å²) in [7, 11) is 0. The third kappa shape index (κ3) is 3.98. The van der Waals surface area contributed by atoms with Gasteiger partial charge in [-0.25, -0.2) is 9.97 Å². The Kier molecular flexibility index (Phi) is 5.38. The molecule has 1 amide bonds. The lowest BCUT2D eigenvalue weighted by molar-refractivity contribution is -0.385. The lowest BCUT2D eigenvalue weighted by Gasteiger charge is -2.35. The van der Waals surface area contributed by atoms with E-state index in [0.29, 0.717) is 37.3 Å². The van der Waals surface area contributed by atoms with Crippen molar-refractivity contribution in [1.82, 2.24) is 14.9 Å². The average molecular weight is 403 g/mol. The molecule has 8 heteroatoms. The predicted molar refractivity (Wildman–Crippen MR) is 113 cm³/mol. The Hall–Kier alpha value is -3.81. The number of nitrogens with zero attached hydrogens (tertiary/aromatic N) is 5. The van der Waals surface area contributed by atoms with E-state index in [0.717, 1.165) is 17.1 Å². The summed E-state index contributed by atoms with van der Waals surface area (Å²) < 4.78 is 0. The average Bonchev–Trinajstić information content (AvgIpc) is 2.79. The van der Waals surface area contributed by atoms with Gasteiger partial charge >= 0.3 is 0 Å². The van der Waals surface area contributed by atoms with Gasteiger partial charge in [0.1, 0.15) is 12.1 Å². The van der Waals surface area contributed by atoms with Crippen LogP contribution in [-0.4, -0.2) is 51.9 Å². The number of carbonyl (C=O) groups excluding carboxylic acids is 1. The number of carbonyl (C=O) groups is 1. The number of anilines is 1. The summed E-state index contributed by atoms with van der Waals surface area (Å²) in [6, 6.07) is 16.4. The quantitative estimate of drug-likeness (QED) is 0.490. The molecule has 0 aliphatic carbocycles. The molecule has 0 radical (unpaired) electrons. The normalized spacial score (nSPS) is 13.9. The monoisotopic (exact) mass is 403 g/mol. The summed E-state index contributed by atoms with van der Waals surface area (Å²) in [4.78, 5) is 36.1. The fourth-order valence-corrected chi connectivity index (χ4v) is 3.60. The number of benzene rings is 2. The molecule has 1 saturated heterocycles. The number of hydrogen-bond acceptors (Lipinski definition) is 6. The van der Waals surface area contributed by atoms with Gasteiger partial charge in [-0.05, 0) is 19.1 Å². The summed E-state index contributed by atoms with van der Waals surface area (Å²) >= 11 is 0. The van der Waals surface area contributed by atoms with Crippen LogP contribution < -0.4 is 4.90 Å². The zero-order chi connectivity index (χ0) is 21.1. The molecule has 1 aliphatic heterocycles. The molecule has 0 bridgehead atoms. The summed E-state index contributed by atoms with van der Waals surface area (Å²) in [5, 5.41) is 11.0. The molecule has 0 spiro atoms. The second-order valence-electron chi connectivity index (χ2n) is 7.17. The Morgan fingerprint density at radius 1 is 1.00 bits per heavy atom. The van der Waals surface area contributed by atoms with Crippen LogP contribution in [0.4, 0.5) is 11.5 Å². The van der Waals surface area contributed by atoms with Crippen molar-refractivity contribution in [3.8, 4) is 11.3 Å². The van der Waals surface area contributed by atoms with Gasteiger partial charge in [0.15, 0.2) is 0 Å². The van der Waals surface area contributed by atoms with Gasteiger partial charge in [-0.3, -0.25) is 14.9 Å². The van der Waals surface area contributed by atoms with Crippen LogP contribution in [0.15, 0.2) is 60.9 Å². The Morgan fingerprint density at radius 2 is 1.73 bits per heavy atom. The first-order chi connectivity index (χ1) is 14.5. The number of piperazine rings is 1. The van der Waals surface area contributed by atoms with Crippen molar-refractivity contribution in [3.05, 3.63) is 82.2 Å². The van der Waals surface area contributed by atoms with Crippen molar-refractivity contribution < 1.29 is 9.72 Å². The minimum Gasteiger partial charge on any atom is -0.353 e. The lowest BCUT2D eigenvalue weighted by atomic mass is 10.1. The van der Waals surface area contributed by atoms with Crippen LogP contribution in [-0.2, 0) is 0 Å². The maximum Gasteiger partial charge on any atom is 0.272 e. The van der Waals surface area contributed by atoms with Gasteiger partial charge < -0.3 is 9.80 Å². The molecule has 0 atom stereocenters. The standard InChI is InChI=1S/C22H21N5O3/c1-16-13-18(7-8-20(16)27(29)30)22(28)26-11-9-25(10-12-26)21-14-19(23-15-24-21)17-5-3-2-4-6-17/h2-8,13-15H,9-12H2,1H3. The van der Waals surface area contributed by atoms with E-state index in [2.05, 4.69) is 14.9 Å². The zero-order valence-electron chi connectivity index (χ0n) is 16.6. The number of hydrogen-bond donors (Lipinski definition) is 0. The molecular formula is C22H21N5O3. The third-order valence-corrected chi connectivity index (χ3v) is 5.25. The van der Waals surface area contributed by atoms with E-state index in [1.807, 2.05) is 36.4 Å². The highest BCUT2D eigenvalue weighted by molar-refractivity contribution is 5.95. The minimum absolute atomic E-state index is 0.0225. The fraction of sp³-hybridized carbons (Fsp3) is 0.227. The molecule has 8 nitrogen and oxygen atoms in total. The summed E-state index contributed by atoms with van der Waals surface area (Å²) in [6.07, 6.45) is 1.56. The zero-order valence-corrected chi connectivity index (χ0v) is 16.6. The van der Waals surface area contributed by atoms with E-state index in [4.69, 9.17) is 0 Å². The third-order valence-electron chi connectivity index (χ3n) is 5.25. The Labute approximate surface area is 174 Å². The van der Waals surface area contributed by atoms with Crippen LogP contribution in [0.5, 0.6) is 0 Å². The van der Waals surface area contributed by atoms with Crippen molar-refractivity contribution in [1.29, 1.82) is 0 Å². The Bertz CT molecular complexity index is 1080. The molecule has 1 fully saturated rings. The molecule has 0 N–H and O–H groups in total. The first kappa shape index (κ1) is 19.5. The highest BCUT2D eigenvalue weighted by Gasteiger charge is 2.24. The molecule has 1 aliphatic rings. The van der Waals surface area contributed by atoms with Crippen LogP contribution in [0.3, 0.4) is 0 Å². The van der Waals surface area contributed by atoms with Gasteiger partial charge in [0.25, 0.3) is 11.6 Å². The first-order valence-corrected chi connectivity index (χ1v) is 9.69. The summed E-state index contributed by atoms with van der Waals surface area (Å²) in [5.41, 5.74) is 2.87. The summed E-state index contributed by atoms with van der Waals surface area (Å²) in [6.45, 7) is 4.07. The fourth-order valence-electron chi connectivity index (χ4n) is 3.60. The van der Waals surface area contributed by atoms with Crippen molar-refractivity contribution >= 4 is 17.4 Å². The van der Waals surface area contributed by atoms with Crippen molar-refractivity contribution in [2.45, 2.75) is 6.92 Å². The van der Waals surface area contributed by atoms with Crippen LogP contribution in [0.1, 0.15) is 15.9 Å². The number of nitro groups is 1. The van der Waals surface area contributed by atoms with Gasteiger partial charge in [0.05, 0.1) is 10.6 Å². The topological polar surface area (TPSA) is 92.5 Å². The number of aryl methyl sites for hydroxylation is 1. The van der Waals surface area contributed by atoms with Gasteiger partial charge in [-0.1, -0.05) is 30.3 Å². The predicted octanol–water partition coefficient (Wildman–Crippen LogP) is 3.32. The van der Waals surface area contributed by atoms with Crippen LogP contribution >= 0.6 is 0 Å². The smallest absolute Gasteiger partial charge is 0.272 e. The first-order valence-electron chi connectivity index (χ1n) is 9.69. The van der Waals surface area contributed by atoms with E-state index in [-0.39, 0.29) is 11.6 Å². The van der Waals surface area contributed by atoms with Crippen LogP contribution in [0.25, 0.3) is 11.3 Å². The van der Waals surface area contributed by atoms with Gasteiger partial charge in [0, 0.05) is 55.0 Å². The molecule has 1 aromatic heterocycles. The maximum absolute atomic E-state index is 12.8. The number of nitro benzene ring substituents is 1. The minimum atomic E-state index is -0.437. The molecule has 30 heavy (non-hydrogen) atoms. The van der Waals surface area contributed by atoms with E-state index in [1.165, 1.54) is 12.1 Å². The van der Waals surface area contributed by atoms with Gasteiger partial charge in [-0.15, -0.1) is 0 Å². The van der Waals surface area contributed by atoms with E-state index in [9.17, 15) is 14.9 Å². The highest BCUT2D eigenvalue weighted by Crippen LogP contribution is 2.23. The van der Waals surface area contributed by atoms with Crippen molar-refractivity contribution in [3.63, 3.8) is 0 Å². The van der Waals surface area contributed by atoms with Crippen LogP contribution in [0.2, 0.25) is 0 Å². The lowest BCUT2D eigenvalue weighted by Crippen LogP contribution is -2.49. The van der Waals surface area contributed by atoms with Gasteiger partial charge in [-0.2, -0.15) is 0 Å².